The Bertz CT molecular complexity index is 508. The highest BCUT2D eigenvalue weighted by Crippen LogP contribution is 2.20. The van der Waals surface area contributed by atoms with E-state index < -0.39 is 5.82 Å². The number of halogens is 2. The number of rotatable bonds is 3. The summed E-state index contributed by atoms with van der Waals surface area (Å²) in [5.74, 6) is -0.606. The minimum atomic E-state index is -0.445. The average Bonchev–Trinajstić information content (AvgIpc) is 2.74. The second-order valence-electron chi connectivity index (χ2n) is 3.30. The Balaban J connectivity index is 2.24. The van der Waals surface area contributed by atoms with Gasteiger partial charge >= 0.3 is 0 Å². The summed E-state index contributed by atoms with van der Waals surface area (Å²) in [4.78, 5) is 12.8. The summed E-state index contributed by atoms with van der Waals surface area (Å²) in [6.07, 6.45) is 0.265. The zero-order valence-corrected chi connectivity index (χ0v) is 9.82. The molecule has 0 fully saturated rings. The number of hydrogen-bond donors (Lipinski definition) is 0. The van der Waals surface area contributed by atoms with Gasteiger partial charge in [-0.15, -0.1) is 11.3 Å². The zero-order chi connectivity index (χ0) is 11.5. The first-order chi connectivity index (χ1) is 7.66. The van der Waals surface area contributed by atoms with Crippen LogP contribution in [0.3, 0.4) is 0 Å². The SMILES string of the molecule is O=C(Cc1cccs1)c1cc(F)ccc1Cl. The molecular formula is C12H8ClFOS. The van der Waals surface area contributed by atoms with Gasteiger partial charge in [-0.05, 0) is 29.6 Å². The van der Waals surface area contributed by atoms with Gasteiger partial charge in [-0.2, -0.15) is 0 Å². The second-order valence-corrected chi connectivity index (χ2v) is 4.74. The molecule has 2 rings (SSSR count). The summed E-state index contributed by atoms with van der Waals surface area (Å²) in [7, 11) is 0. The van der Waals surface area contributed by atoms with Gasteiger partial charge in [0.2, 0.25) is 0 Å². The highest BCUT2D eigenvalue weighted by molar-refractivity contribution is 7.10. The maximum absolute atomic E-state index is 13.0. The van der Waals surface area contributed by atoms with E-state index in [0.29, 0.717) is 5.02 Å². The van der Waals surface area contributed by atoms with Gasteiger partial charge in [0.05, 0.1) is 5.02 Å². The molecule has 1 nitrogen and oxygen atoms in total. The molecule has 82 valence electrons. The number of Topliss-reactive ketones (excluding diaryl/α,β-unsaturated/α-hetero) is 1. The number of hydrogen-bond acceptors (Lipinski definition) is 2. The topological polar surface area (TPSA) is 17.1 Å². The Morgan fingerprint density at radius 1 is 1.38 bits per heavy atom. The average molecular weight is 255 g/mol. The monoisotopic (exact) mass is 254 g/mol. The molecule has 4 heteroatoms. The number of carbonyl (C=O) groups excluding carboxylic acids is 1. The summed E-state index contributed by atoms with van der Waals surface area (Å²) in [5.41, 5.74) is 0.245. The highest BCUT2D eigenvalue weighted by atomic mass is 35.5. The van der Waals surface area contributed by atoms with Gasteiger partial charge in [-0.25, -0.2) is 4.39 Å². The Hall–Kier alpha value is -1.19. The summed E-state index contributed by atoms with van der Waals surface area (Å²) in [6.45, 7) is 0. The van der Waals surface area contributed by atoms with Crippen molar-refractivity contribution >= 4 is 28.7 Å². The molecule has 0 unspecified atom stereocenters. The van der Waals surface area contributed by atoms with E-state index in [9.17, 15) is 9.18 Å². The number of benzene rings is 1. The van der Waals surface area contributed by atoms with Crippen LogP contribution in [0.2, 0.25) is 5.02 Å². The lowest BCUT2D eigenvalue weighted by atomic mass is 10.1. The van der Waals surface area contributed by atoms with Gasteiger partial charge in [0.1, 0.15) is 5.82 Å². The third kappa shape index (κ3) is 2.49. The van der Waals surface area contributed by atoms with Gasteiger partial charge in [0, 0.05) is 16.9 Å². The van der Waals surface area contributed by atoms with Crippen molar-refractivity contribution in [3.05, 3.63) is 57.0 Å². The maximum Gasteiger partial charge on any atom is 0.169 e. The van der Waals surface area contributed by atoms with Gasteiger partial charge < -0.3 is 0 Å². The lowest BCUT2D eigenvalue weighted by Gasteiger charge is -2.02. The largest absolute Gasteiger partial charge is 0.294 e. The quantitative estimate of drug-likeness (QED) is 0.758. The third-order valence-corrected chi connectivity index (χ3v) is 3.35. The molecule has 0 saturated carbocycles. The molecule has 0 saturated heterocycles. The van der Waals surface area contributed by atoms with Gasteiger partial charge in [0.15, 0.2) is 5.78 Å². The van der Waals surface area contributed by atoms with E-state index in [0.717, 1.165) is 4.88 Å². The van der Waals surface area contributed by atoms with Gasteiger partial charge in [-0.1, -0.05) is 17.7 Å². The predicted octanol–water partition coefficient (Wildman–Crippen LogP) is 3.97. The van der Waals surface area contributed by atoms with Crippen LogP contribution < -0.4 is 0 Å². The van der Waals surface area contributed by atoms with Crippen molar-refractivity contribution in [1.29, 1.82) is 0 Å². The first-order valence-electron chi connectivity index (χ1n) is 4.67. The summed E-state index contributed by atoms with van der Waals surface area (Å²) in [6, 6.07) is 7.57. The van der Waals surface area contributed by atoms with E-state index in [1.54, 1.807) is 0 Å². The first-order valence-corrected chi connectivity index (χ1v) is 5.93. The Morgan fingerprint density at radius 2 is 2.19 bits per heavy atom. The van der Waals surface area contributed by atoms with E-state index >= 15 is 0 Å². The van der Waals surface area contributed by atoms with Crippen LogP contribution in [0.1, 0.15) is 15.2 Å². The van der Waals surface area contributed by atoms with E-state index in [-0.39, 0.29) is 17.8 Å². The minimum Gasteiger partial charge on any atom is -0.294 e. The van der Waals surface area contributed by atoms with Crippen molar-refractivity contribution in [3.63, 3.8) is 0 Å². The first kappa shape index (κ1) is 11.3. The van der Waals surface area contributed by atoms with Crippen molar-refractivity contribution < 1.29 is 9.18 Å². The van der Waals surface area contributed by atoms with Crippen LogP contribution in [0.4, 0.5) is 4.39 Å². The fourth-order valence-corrected chi connectivity index (χ4v) is 2.30. The summed E-state index contributed by atoms with van der Waals surface area (Å²) in [5, 5.41) is 2.19. The van der Waals surface area contributed by atoms with E-state index in [2.05, 4.69) is 0 Å². The molecule has 2 aromatic rings. The molecule has 0 atom stereocenters. The normalized spacial score (nSPS) is 10.4. The molecule has 0 spiro atoms. The standard InChI is InChI=1S/C12H8ClFOS/c13-11-4-3-8(14)6-10(11)12(15)7-9-2-1-5-16-9/h1-6H,7H2. The molecule has 0 aliphatic carbocycles. The van der Waals surface area contributed by atoms with Crippen LogP contribution in [-0.4, -0.2) is 5.78 Å². The number of thiophene rings is 1. The van der Waals surface area contributed by atoms with Crippen LogP contribution in [-0.2, 0) is 6.42 Å². The molecule has 1 aromatic heterocycles. The summed E-state index contributed by atoms with van der Waals surface area (Å²) >= 11 is 7.35. The molecule has 16 heavy (non-hydrogen) atoms. The van der Waals surface area contributed by atoms with E-state index in [1.807, 2.05) is 17.5 Å². The van der Waals surface area contributed by atoms with Crippen molar-refractivity contribution in [3.8, 4) is 0 Å². The Labute approximate surface area is 101 Å². The molecule has 0 amide bonds. The molecule has 0 radical (unpaired) electrons. The smallest absolute Gasteiger partial charge is 0.169 e. The van der Waals surface area contributed by atoms with Crippen molar-refractivity contribution in [2.75, 3.05) is 0 Å². The highest BCUT2D eigenvalue weighted by Gasteiger charge is 2.12. The fraction of sp³-hybridized carbons (Fsp3) is 0.0833. The molecular weight excluding hydrogens is 247 g/mol. The van der Waals surface area contributed by atoms with E-state index in [1.165, 1.54) is 29.5 Å². The summed E-state index contributed by atoms with van der Waals surface area (Å²) < 4.78 is 13.0. The van der Waals surface area contributed by atoms with E-state index in [4.69, 9.17) is 11.6 Å². The number of ketones is 1. The molecule has 1 heterocycles. The lowest BCUT2D eigenvalue weighted by Crippen LogP contribution is -2.03. The Kier molecular flexibility index (Phi) is 3.36. The van der Waals surface area contributed by atoms with Crippen LogP contribution in [0, 0.1) is 5.82 Å². The third-order valence-electron chi connectivity index (χ3n) is 2.14. The molecule has 0 bridgehead atoms. The van der Waals surface area contributed by atoms with Crippen LogP contribution >= 0.6 is 22.9 Å². The molecule has 1 aromatic carbocycles. The zero-order valence-electron chi connectivity index (χ0n) is 8.24. The molecule has 0 N–H and O–H groups in total. The minimum absolute atomic E-state index is 0.160. The van der Waals surface area contributed by atoms with Gasteiger partial charge in [-0.3, -0.25) is 4.79 Å². The van der Waals surface area contributed by atoms with Gasteiger partial charge in [0.25, 0.3) is 0 Å². The fourth-order valence-electron chi connectivity index (χ4n) is 1.38. The molecule has 0 aliphatic rings. The number of carbonyl (C=O) groups is 1. The van der Waals surface area contributed by atoms with Crippen LogP contribution in [0.5, 0.6) is 0 Å². The lowest BCUT2D eigenvalue weighted by molar-refractivity contribution is 0.0993. The van der Waals surface area contributed by atoms with Crippen molar-refractivity contribution in [2.24, 2.45) is 0 Å². The van der Waals surface area contributed by atoms with Crippen molar-refractivity contribution in [1.82, 2.24) is 0 Å². The molecule has 0 aliphatic heterocycles. The van der Waals surface area contributed by atoms with Crippen molar-refractivity contribution in [2.45, 2.75) is 6.42 Å². The predicted molar refractivity (Wildman–Crippen MR) is 63.8 cm³/mol. The maximum atomic E-state index is 13.0. The van der Waals surface area contributed by atoms with Crippen LogP contribution in [0.15, 0.2) is 35.7 Å². The van der Waals surface area contributed by atoms with Crippen LogP contribution in [0.25, 0.3) is 0 Å². The Morgan fingerprint density at radius 3 is 2.88 bits per heavy atom. The second kappa shape index (κ2) is 4.76.